The third-order valence-electron chi connectivity index (χ3n) is 1.49. The number of nitrogens with zero attached hydrogens (tertiary/aromatic N) is 2. The molecule has 1 aromatic rings. The second-order valence-corrected chi connectivity index (χ2v) is 5.40. The molecule has 0 fully saturated rings. The number of halogens is 4. The van der Waals surface area contributed by atoms with E-state index < -0.39 is 0 Å². The molecule has 0 bridgehead atoms. The van der Waals surface area contributed by atoms with Crippen LogP contribution in [0.1, 0.15) is 11.1 Å². The van der Waals surface area contributed by atoms with Gasteiger partial charge in [0.2, 0.25) is 0 Å². The molecule has 14 heavy (non-hydrogen) atoms. The summed E-state index contributed by atoms with van der Waals surface area (Å²) >= 11 is 13.0. The van der Waals surface area contributed by atoms with Crippen LogP contribution in [-0.4, -0.2) is 0 Å². The summed E-state index contributed by atoms with van der Waals surface area (Å²) in [5.41, 5.74) is 0.894. The molecule has 70 valence electrons. The standard InChI is InChI=1S/C8Br4N2/c9-5-3(1-13)6(10)8(12)4(2-14)7(5)11. The third kappa shape index (κ3) is 1.90. The van der Waals surface area contributed by atoms with Gasteiger partial charge in [-0.05, 0) is 63.7 Å². The lowest BCUT2D eigenvalue weighted by molar-refractivity contribution is 1.36. The minimum atomic E-state index is 0.447. The van der Waals surface area contributed by atoms with Gasteiger partial charge in [0.05, 0.1) is 29.0 Å². The second-order valence-electron chi connectivity index (χ2n) is 2.23. The number of hydrogen-bond donors (Lipinski definition) is 0. The molecule has 0 saturated heterocycles. The summed E-state index contributed by atoms with van der Waals surface area (Å²) in [6, 6.07) is 4.07. The monoisotopic (exact) mass is 440 g/mol. The highest BCUT2D eigenvalue weighted by molar-refractivity contribution is 9.14. The molecule has 1 aromatic carbocycles. The first-order chi connectivity index (χ1) is 6.54. The van der Waals surface area contributed by atoms with Crippen molar-refractivity contribution in [2.24, 2.45) is 0 Å². The van der Waals surface area contributed by atoms with E-state index in [9.17, 15) is 0 Å². The summed E-state index contributed by atoms with van der Waals surface area (Å²) in [4.78, 5) is 0. The molecule has 0 aliphatic carbocycles. The van der Waals surface area contributed by atoms with Crippen molar-refractivity contribution >= 4 is 63.7 Å². The maximum absolute atomic E-state index is 8.88. The predicted octanol–water partition coefficient (Wildman–Crippen LogP) is 4.48. The number of benzene rings is 1. The molecular weight excluding hydrogens is 444 g/mol. The van der Waals surface area contributed by atoms with Crippen LogP contribution in [0.4, 0.5) is 0 Å². The van der Waals surface area contributed by atoms with E-state index in [2.05, 4.69) is 63.7 Å². The highest BCUT2D eigenvalue weighted by Gasteiger charge is 2.18. The van der Waals surface area contributed by atoms with Gasteiger partial charge in [-0.3, -0.25) is 0 Å². The lowest BCUT2D eigenvalue weighted by atomic mass is 10.2. The van der Waals surface area contributed by atoms with E-state index in [0.717, 1.165) is 0 Å². The van der Waals surface area contributed by atoms with Gasteiger partial charge >= 0.3 is 0 Å². The van der Waals surface area contributed by atoms with Crippen molar-refractivity contribution in [2.45, 2.75) is 0 Å². The Bertz CT molecular complexity index is 408. The van der Waals surface area contributed by atoms with E-state index in [1.807, 2.05) is 12.1 Å². The Morgan fingerprint density at radius 2 is 0.857 bits per heavy atom. The van der Waals surface area contributed by atoms with Gasteiger partial charge in [0.15, 0.2) is 0 Å². The lowest BCUT2D eigenvalue weighted by Gasteiger charge is -2.07. The highest BCUT2D eigenvalue weighted by Crippen LogP contribution is 2.40. The molecule has 6 heteroatoms. The molecule has 0 amide bonds. The van der Waals surface area contributed by atoms with Crippen molar-refractivity contribution in [3.63, 3.8) is 0 Å². The average molecular weight is 444 g/mol. The van der Waals surface area contributed by atoms with Gasteiger partial charge in [-0.2, -0.15) is 10.5 Å². The second kappa shape index (κ2) is 4.76. The quantitative estimate of drug-likeness (QED) is 0.555. The molecule has 0 spiro atoms. The first kappa shape index (κ1) is 12.2. The van der Waals surface area contributed by atoms with E-state index in [4.69, 9.17) is 10.5 Å². The summed E-state index contributed by atoms with van der Waals surface area (Å²) in [5.74, 6) is 0. The van der Waals surface area contributed by atoms with Crippen LogP contribution in [0, 0.1) is 22.7 Å². The van der Waals surface area contributed by atoms with E-state index in [1.165, 1.54) is 0 Å². The number of rotatable bonds is 0. The van der Waals surface area contributed by atoms with Crippen LogP contribution in [0.5, 0.6) is 0 Å². The largest absolute Gasteiger partial charge is 0.192 e. The summed E-state index contributed by atoms with van der Waals surface area (Å²) < 4.78 is 2.30. The van der Waals surface area contributed by atoms with Gasteiger partial charge in [0.1, 0.15) is 12.1 Å². The fourth-order valence-electron chi connectivity index (χ4n) is 0.828. The molecule has 0 unspecified atom stereocenters. The van der Waals surface area contributed by atoms with Crippen molar-refractivity contribution in [1.82, 2.24) is 0 Å². The summed E-state index contributed by atoms with van der Waals surface area (Å²) in [7, 11) is 0. The van der Waals surface area contributed by atoms with E-state index in [-0.39, 0.29) is 0 Å². The zero-order chi connectivity index (χ0) is 10.9. The predicted molar refractivity (Wildman–Crippen MR) is 66.7 cm³/mol. The van der Waals surface area contributed by atoms with Gasteiger partial charge in [-0.15, -0.1) is 0 Å². The summed E-state index contributed by atoms with van der Waals surface area (Å²) in [5, 5.41) is 17.8. The molecule has 0 N–H and O–H groups in total. The SMILES string of the molecule is N#Cc1c(Br)c(Br)c(C#N)c(Br)c1Br. The molecule has 0 aromatic heterocycles. The van der Waals surface area contributed by atoms with Crippen LogP contribution in [0.25, 0.3) is 0 Å². The van der Waals surface area contributed by atoms with Gasteiger partial charge in [0.25, 0.3) is 0 Å². The fourth-order valence-corrected chi connectivity index (χ4v) is 3.30. The Morgan fingerprint density at radius 1 is 0.643 bits per heavy atom. The Morgan fingerprint density at radius 3 is 1.00 bits per heavy atom. The van der Waals surface area contributed by atoms with Crippen LogP contribution < -0.4 is 0 Å². The maximum Gasteiger partial charge on any atom is 0.102 e. The zero-order valence-electron chi connectivity index (χ0n) is 6.41. The topological polar surface area (TPSA) is 47.6 Å². The Labute approximate surface area is 114 Å². The van der Waals surface area contributed by atoms with Gasteiger partial charge in [-0.25, -0.2) is 0 Å². The van der Waals surface area contributed by atoms with E-state index in [0.29, 0.717) is 29.0 Å². The Hall–Kier alpha value is 0.120. The molecule has 0 aliphatic rings. The van der Waals surface area contributed by atoms with E-state index >= 15 is 0 Å². The minimum Gasteiger partial charge on any atom is -0.192 e. The molecule has 0 aliphatic heterocycles. The Balaban J connectivity index is 3.77. The molecule has 0 radical (unpaired) electrons. The number of nitriles is 2. The average Bonchev–Trinajstić information content (AvgIpc) is 2.17. The van der Waals surface area contributed by atoms with Gasteiger partial charge in [-0.1, -0.05) is 0 Å². The molecule has 2 nitrogen and oxygen atoms in total. The highest BCUT2D eigenvalue weighted by atomic mass is 79.9. The first-order valence-corrected chi connectivity index (χ1v) is 6.38. The Kier molecular flexibility index (Phi) is 4.15. The van der Waals surface area contributed by atoms with Crippen molar-refractivity contribution in [3.8, 4) is 12.1 Å². The summed E-state index contributed by atoms with van der Waals surface area (Å²) in [6.07, 6.45) is 0. The van der Waals surface area contributed by atoms with Crippen molar-refractivity contribution in [3.05, 3.63) is 29.0 Å². The minimum absolute atomic E-state index is 0.447. The van der Waals surface area contributed by atoms with Crippen LogP contribution in [0.15, 0.2) is 17.9 Å². The molecular formula is C8Br4N2. The zero-order valence-corrected chi connectivity index (χ0v) is 12.8. The number of hydrogen-bond acceptors (Lipinski definition) is 2. The van der Waals surface area contributed by atoms with E-state index in [1.54, 1.807) is 0 Å². The summed E-state index contributed by atoms with van der Waals surface area (Å²) in [6.45, 7) is 0. The normalized spacial score (nSPS) is 9.29. The first-order valence-electron chi connectivity index (χ1n) is 3.20. The maximum atomic E-state index is 8.88. The van der Waals surface area contributed by atoms with Gasteiger partial charge < -0.3 is 0 Å². The molecule has 0 atom stereocenters. The van der Waals surface area contributed by atoms with Gasteiger partial charge in [0, 0.05) is 0 Å². The van der Waals surface area contributed by atoms with Crippen LogP contribution in [0.3, 0.4) is 0 Å². The van der Waals surface area contributed by atoms with Crippen molar-refractivity contribution in [1.29, 1.82) is 10.5 Å². The van der Waals surface area contributed by atoms with Crippen molar-refractivity contribution < 1.29 is 0 Å². The van der Waals surface area contributed by atoms with Crippen LogP contribution in [0.2, 0.25) is 0 Å². The fraction of sp³-hybridized carbons (Fsp3) is 0. The molecule has 1 rings (SSSR count). The third-order valence-corrected chi connectivity index (χ3v) is 5.72. The lowest BCUT2D eigenvalue weighted by Crippen LogP contribution is -1.90. The van der Waals surface area contributed by atoms with Crippen LogP contribution in [-0.2, 0) is 0 Å². The van der Waals surface area contributed by atoms with Crippen LogP contribution >= 0.6 is 63.7 Å². The van der Waals surface area contributed by atoms with Crippen molar-refractivity contribution in [2.75, 3.05) is 0 Å². The smallest absolute Gasteiger partial charge is 0.102 e. The molecule has 0 heterocycles. The molecule has 0 saturated carbocycles.